The SMILES string of the molecule is Cc1cc(/N=C(/NCc2ccc(Cl)cc2)NC(=O)NCC2(CO)COC2)ccc1OC(C)C. The summed E-state index contributed by atoms with van der Waals surface area (Å²) in [7, 11) is 0. The summed E-state index contributed by atoms with van der Waals surface area (Å²) in [5.41, 5.74) is 2.18. The van der Waals surface area contributed by atoms with Gasteiger partial charge in [0.2, 0.25) is 5.96 Å². The number of nitrogens with zero attached hydrogens (tertiary/aromatic N) is 1. The van der Waals surface area contributed by atoms with Gasteiger partial charge in [0.15, 0.2) is 0 Å². The van der Waals surface area contributed by atoms with Crippen LogP contribution in [-0.2, 0) is 11.3 Å². The van der Waals surface area contributed by atoms with Crippen LogP contribution >= 0.6 is 11.6 Å². The average Bonchev–Trinajstić information content (AvgIpc) is 2.74. The minimum absolute atomic E-state index is 0.0485. The van der Waals surface area contributed by atoms with Crippen molar-refractivity contribution in [2.45, 2.75) is 33.4 Å². The first-order valence-corrected chi connectivity index (χ1v) is 11.2. The maximum Gasteiger partial charge on any atom is 0.321 e. The highest BCUT2D eigenvalue weighted by Gasteiger charge is 2.38. The van der Waals surface area contributed by atoms with Crippen LogP contribution in [0.1, 0.15) is 25.0 Å². The second-order valence-corrected chi connectivity index (χ2v) is 8.95. The van der Waals surface area contributed by atoms with Gasteiger partial charge in [-0.05, 0) is 62.2 Å². The highest BCUT2D eigenvalue weighted by atomic mass is 35.5. The van der Waals surface area contributed by atoms with Crippen molar-refractivity contribution in [1.29, 1.82) is 0 Å². The number of guanidine groups is 1. The fourth-order valence-electron chi connectivity index (χ4n) is 3.18. The number of ether oxygens (including phenoxy) is 2. The molecule has 1 fully saturated rings. The summed E-state index contributed by atoms with van der Waals surface area (Å²) < 4.78 is 11.0. The second kappa shape index (κ2) is 11.4. The van der Waals surface area contributed by atoms with Crippen LogP contribution in [0.3, 0.4) is 0 Å². The topological polar surface area (TPSA) is 104 Å². The summed E-state index contributed by atoms with van der Waals surface area (Å²) in [5.74, 6) is 1.09. The Kier molecular flexibility index (Phi) is 8.55. The van der Waals surface area contributed by atoms with Gasteiger partial charge in [0, 0.05) is 18.1 Å². The normalized spacial score (nSPS) is 15.0. The number of benzene rings is 2. The number of rotatable bonds is 8. The van der Waals surface area contributed by atoms with E-state index in [0.717, 1.165) is 16.9 Å². The van der Waals surface area contributed by atoms with Crippen LogP contribution in [0.15, 0.2) is 47.5 Å². The number of aliphatic hydroxyl groups excluding tert-OH is 1. The lowest BCUT2D eigenvalue weighted by Gasteiger charge is -2.39. The first-order valence-electron chi connectivity index (χ1n) is 10.9. The number of halogens is 1. The number of hydrogen-bond donors (Lipinski definition) is 4. The fourth-order valence-corrected chi connectivity index (χ4v) is 3.30. The van der Waals surface area contributed by atoms with E-state index in [4.69, 9.17) is 21.1 Å². The molecule has 1 heterocycles. The number of aliphatic hydroxyl groups is 1. The second-order valence-electron chi connectivity index (χ2n) is 8.52. The van der Waals surface area contributed by atoms with Crippen LogP contribution in [0.5, 0.6) is 5.75 Å². The maximum atomic E-state index is 12.5. The van der Waals surface area contributed by atoms with Gasteiger partial charge < -0.3 is 25.2 Å². The van der Waals surface area contributed by atoms with Gasteiger partial charge in [-0.2, -0.15) is 0 Å². The molecule has 9 heteroatoms. The Bertz CT molecular complexity index is 969. The van der Waals surface area contributed by atoms with Crippen molar-refractivity contribution < 1.29 is 19.4 Å². The van der Waals surface area contributed by atoms with Crippen LogP contribution in [0.4, 0.5) is 10.5 Å². The number of carbonyl (C=O) groups is 1. The molecule has 3 rings (SSSR count). The van der Waals surface area contributed by atoms with E-state index in [1.165, 1.54) is 0 Å². The van der Waals surface area contributed by atoms with Crippen molar-refractivity contribution in [3.8, 4) is 5.75 Å². The number of hydrogen-bond acceptors (Lipinski definition) is 5. The Morgan fingerprint density at radius 2 is 1.94 bits per heavy atom. The van der Waals surface area contributed by atoms with E-state index in [1.807, 2.05) is 51.1 Å². The van der Waals surface area contributed by atoms with Gasteiger partial charge in [0.1, 0.15) is 5.75 Å². The average molecular weight is 475 g/mol. The van der Waals surface area contributed by atoms with Crippen LogP contribution in [0.25, 0.3) is 0 Å². The molecule has 1 aliphatic heterocycles. The van der Waals surface area contributed by atoms with Crippen LogP contribution in [0.2, 0.25) is 5.02 Å². The van der Waals surface area contributed by atoms with E-state index in [9.17, 15) is 9.90 Å². The van der Waals surface area contributed by atoms with Gasteiger partial charge in [0.05, 0.1) is 37.0 Å². The Balaban J connectivity index is 1.71. The predicted molar refractivity (Wildman–Crippen MR) is 129 cm³/mol. The van der Waals surface area contributed by atoms with Gasteiger partial charge in [-0.25, -0.2) is 9.79 Å². The highest BCUT2D eigenvalue weighted by Crippen LogP contribution is 2.26. The first-order chi connectivity index (χ1) is 15.8. The summed E-state index contributed by atoms with van der Waals surface area (Å²) >= 11 is 5.96. The fraction of sp³-hybridized carbons (Fsp3) is 0.417. The van der Waals surface area contributed by atoms with Gasteiger partial charge in [-0.15, -0.1) is 0 Å². The molecule has 0 unspecified atom stereocenters. The molecule has 0 saturated carbocycles. The van der Waals surface area contributed by atoms with E-state index in [0.29, 0.717) is 43.0 Å². The molecule has 0 bridgehead atoms. The van der Waals surface area contributed by atoms with Crippen molar-refractivity contribution in [3.63, 3.8) is 0 Å². The van der Waals surface area contributed by atoms with Gasteiger partial charge >= 0.3 is 6.03 Å². The number of amides is 2. The molecular weight excluding hydrogens is 444 g/mol. The zero-order valence-corrected chi connectivity index (χ0v) is 19.9. The standard InChI is InChI=1S/C24H31ClN4O4/c1-16(2)33-21-9-8-20(10-17(21)3)28-22(26-11-18-4-6-19(25)7-5-18)29-23(31)27-12-24(13-30)14-32-15-24/h4-10,16,30H,11-15H2,1-3H3,(H3,26,27,28,29,31). The van der Waals surface area contributed by atoms with Crippen molar-refractivity contribution in [3.05, 3.63) is 58.6 Å². The van der Waals surface area contributed by atoms with Crippen molar-refractivity contribution in [2.75, 3.05) is 26.4 Å². The van der Waals surface area contributed by atoms with Crippen LogP contribution in [-0.4, -0.2) is 49.6 Å². The van der Waals surface area contributed by atoms with Gasteiger partial charge in [-0.1, -0.05) is 23.7 Å². The summed E-state index contributed by atoms with van der Waals surface area (Å²) in [6.45, 7) is 7.44. The number of carbonyl (C=O) groups excluding carboxylic acids is 1. The smallest absolute Gasteiger partial charge is 0.321 e. The summed E-state index contributed by atoms with van der Waals surface area (Å²) in [5, 5.41) is 18.9. The maximum absolute atomic E-state index is 12.5. The molecule has 0 aliphatic carbocycles. The van der Waals surface area contributed by atoms with E-state index in [-0.39, 0.29) is 12.7 Å². The van der Waals surface area contributed by atoms with E-state index in [2.05, 4.69) is 20.9 Å². The Morgan fingerprint density at radius 3 is 2.52 bits per heavy atom. The van der Waals surface area contributed by atoms with Gasteiger partial charge in [0.25, 0.3) is 0 Å². The Labute approximate surface area is 199 Å². The lowest BCUT2D eigenvalue weighted by atomic mass is 9.87. The van der Waals surface area contributed by atoms with Crippen molar-refractivity contribution in [1.82, 2.24) is 16.0 Å². The zero-order chi connectivity index (χ0) is 23.8. The molecule has 0 radical (unpaired) electrons. The quantitative estimate of drug-likeness (QED) is 0.346. The Morgan fingerprint density at radius 1 is 1.21 bits per heavy atom. The molecule has 4 N–H and O–H groups in total. The number of aliphatic imine (C=N–C) groups is 1. The minimum Gasteiger partial charge on any atom is -0.491 e. The molecule has 178 valence electrons. The highest BCUT2D eigenvalue weighted by molar-refractivity contribution is 6.30. The van der Waals surface area contributed by atoms with Crippen LogP contribution in [0, 0.1) is 12.3 Å². The summed E-state index contributed by atoms with van der Waals surface area (Å²) in [4.78, 5) is 17.1. The van der Waals surface area contributed by atoms with E-state index >= 15 is 0 Å². The van der Waals surface area contributed by atoms with Crippen molar-refractivity contribution in [2.24, 2.45) is 10.4 Å². The molecule has 2 aromatic rings. The molecule has 1 saturated heterocycles. The molecule has 2 amide bonds. The molecule has 0 aromatic heterocycles. The first kappa shape index (κ1) is 24.8. The molecule has 2 aromatic carbocycles. The summed E-state index contributed by atoms with van der Waals surface area (Å²) in [6.07, 6.45) is 0.0725. The minimum atomic E-state index is -0.423. The zero-order valence-electron chi connectivity index (χ0n) is 19.2. The van der Waals surface area contributed by atoms with E-state index in [1.54, 1.807) is 12.1 Å². The largest absolute Gasteiger partial charge is 0.491 e. The predicted octanol–water partition coefficient (Wildman–Crippen LogP) is 3.52. The number of urea groups is 1. The van der Waals surface area contributed by atoms with E-state index < -0.39 is 11.4 Å². The molecular formula is C24H31ClN4O4. The van der Waals surface area contributed by atoms with Crippen molar-refractivity contribution >= 4 is 29.3 Å². The monoisotopic (exact) mass is 474 g/mol. The summed E-state index contributed by atoms with van der Waals surface area (Å²) in [6, 6.07) is 12.6. The number of aryl methyl sites for hydroxylation is 1. The lowest BCUT2D eigenvalue weighted by Crippen LogP contribution is -2.55. The molecule has 8 nitrogen and oxygen atoms in total. The molecule has 0 atom stereocenters. The Hall–Kier alpha value is -2.81. The lowest BCUT2D eigenvalue weighted by molar-refractivity contribution is -0.132. The van der Waals surface area contributed by atoms with Gasteiger partial charge in [-0.3, -0.25) is 5.32 Å². The van der Waals surface area contributed by atoms with Crippen LogP contribution < -0.4 is 20.7 Å². The third-order valence-electron chi connectivity index (χ3n) is 5.14. The number of nitrogens with one attached hydrogen (secondary N) is 3. The molecule has 0 spiro atoms. The third-order valence-corrected chi connectivity index (χ3v) is 5.40. The molecule has 33 heavy (non-hydrogen) atoms. The molecule has 1 aliphatic rings. The third kappa shape index (κ3) is 7.35.